The first-order chi connectivity index (χ1) is 11.7. The molecular formula is C18H15FN2O3. The normalized spacial score (nSPS) is 16.3. The third kappa shape index (κ3) is 2.60. The van der Waals surface area contributed by atoms with E-state index in [1.165, 1.54) is 6.07 Å². The van der Waals surface area contributed by atoms with E-state index in [9.17, 15) is 4.39 Å². The molecule has 122 valence electrons. The van der Waals surface area contributed by atoms with Crippen molar-refractivity contribution in [3.63, 3.8) is 0 Å². The highest BCUT2D eigenvalue weighted by Gasteiger charge is 2.27. The second kappa shape index (κ2) is 5.96. The van der Waals surface area contributed by atoms with E-state index in [0.29, 0.717) is 24.5 Å². The molecule has 0 aliphatic carbocycles. The van der Waals surface area contributed by atoms with Crippen LogP contribution < -0.4 is 9.47 Å². The Kier molecular flexibility index (Phi) is 3.65. The summed E-state index contributed by atoms with van der Waals surface area (Å²) >= 11 is 0. The molecule has 5 nitrogen and oxygen atoms in total. The molecule has 0 bridgehead atoms. The van der Waals surface area contributed by atoms with E-state index >= 15 is 0 Å². The number of nitrogens with zero attached hydrogens (tertiary/aromatic N) is 2. The fraction of sp³-hybridized carbons (Fsp3) is 0.222. The molecule has 0 fully saturated rings. The van der Waals surface area contributed by atoms with Gasteiger partial charge in [0, 0.05) is 0 Å². The quantitative estimate of drug-likeness (QED) is 0.736. The summed E-state index contributed by atoms with van der Waals surface area (Å²) in [6.45, 7) is 0.443. The van der Waals surface area contributed by atoms with Crippen LogP contribution in [0.4, 0.5) is 4.39 Å². The highest BCUT2D eigenvalue weighted by Crippen LogP contribution is 2.35. The van der Waals surface area contributed by atoms with Gasteiger partial charge in [0.2, 0.25) is 5.89 Å². The largest absolute Gasteiger partial charge is 0.497 e. The Labute approximate surface area is 138 Å². The van der Waals surface area contributed by atoms with Crippen molar-refractivity contribution in [1.82, 2.24) is 10.2 Å². The van der Waals surface area contributed by atoms with E-state index in [1.807, 2.05) is 18.2 Å². The van der Waals surface area contributed by atoms with Crippen LogP contribution in [-0.4, -0.2) is 23.9 Å². The number of ether oxygens (including phenoxy) is 2. The maximum atomic E-state index is 13.8. The summed E-state index contributed by atoms with van der Waals surface area (Å²) in [6.07, 6.45) is 0.700. The zero-order valence-corrected chi connectivity index (χ0v) is 13.0. The summed E-state index contributed by atoms with van der Waals surface area (Å²) in [5.41, 5.74) is 1.33. The molecular weight excluding hydrogens is 311 g/mol. The molecule has 0 N–H and O–H groups in total. The summed E-state index contributed by atoms with van der Waals surface area (Å²) in [5.74, 6) is 1.78. The Morgan fingerprint density at radius 3 is 2.88 bits per heavy atom. The average Bonchev–Trinajstić information content (AvgIpc) is 3.11. The molecule has 4 rings (SSSR count). The molecule has 24 heavy (non-hydrogen) atoms. The molecule has 1 aliphatic rings. The molecule has 0 spiro atoms. The minimum Gasteiger partial charge on any atom is -0.497 e. The van der Waals surface area contributed by atoms with Gasteiger partial charge in [0.1, 0.15) is 23.9 Å². The van der Waals surface area contributed by atoms with Crippen LogP contribution in [0.5, 0.6) is 11.5 Å². The highest BCUT2D eigenvalue weighted by atomic mass is 19.1. The van der Waals surface area contributed by atoms with Crippen LogP contribution in [0.2, 0.25) is 0 Å². The number of methoxy groups -OCH3 is 1. The van der Waals surface area contributed by atoms with E-state index in [0.717, 1.165) is 17.1 Å². The number of fused-ring (bicyclic) bond motifs is 1. The monoisotopic (exact) mass is 326 g/mol. The smallest absolute Gasteiger partial charge is 0.250 e. The van der Waals surface area contributed by atoms with Crippen LogP contribution in [0, 0.1) is 5.82 Å². The van der Waals surface area contributed by atoms with E-state index in [-0.39, 0.29) is 17.6 Å². The first kappa shape index (κ1) is 14.7. The van der Waals surface area contributed by atoms with Gasteiger partial charge < -0.3 is 13.9 Å². The number of hydrogen-bond acceptors (Lipinski definition) is 5. The summed E-state index contributed by atoms with van der Waals surface area (Å²) in [7, 11) is 1.63. The fourth-order valence-electron chi connectivity index (χ4n) is 2.80. The van der Waals surface area contributed by atoms with Gasteiger partial charge in [-0.05, 0) is 42.3 Å². The van der Waals surface area contributed by atoms with Gasteiger partial charge in [-0.2, -0.15) is 0 Å². The second-order valence-electron chi connectivity index (χ2n) is 5.61. The molecule has 1 aromatic heterocycles. The van der Waals surface area contributed by atoms with E-state index in [4.69, 9.17) is 13.9 Å². The maximum absolute atomic E-state index is 13.8. The Hall–Kier alpha value is -2.89. The van der Waals surface area contributed by atoms with Gasteiger partial charge in [-0.25, -0.2) is 4.39 Å². The van der Waals surface area contributed by atoms with E-state index in [1.54, 1.807) is 25.3 Å². The van der Waals surface area contributed by atoms with Crippen LogP contribution in [0.25, 0.3) is 11.5 Å². The van der Waals surface area contributed by atoms with Crippen LogP contribution >= 0.6 is 0 Å². The van der Waals surface area contributed by atoms with Crippen molar-refractivity contribution in [3.05, 3.63) is 59.7 Å². The van der Waals surface area contributed by atoms with Gasteiger partial charge in [0.25, 0.3) is 5.89 Å². The standard InChI is InChI=1S/C18H15FN2O3/c1-22-13-6-7-16-11(9-13)8-12(10-23-16)17-20-21-18(24-17)14-4-2-3-5-15(14)19/h2-7,9,12H,8,10H2,1H3. The van der Waals surface area contributed by atoms with Gasteiger partial charge in [-0.15, -0.1) is 10.2 Å². The zero-order valence-electron chi connectivity index (χ0n) is 13.0. The van der Waals surface area contributed by atoms with Crippen molar-refractivity contribution in [2.45, 2.75) is 12.3 Å². The van der Waals surface area contributed by atoms with Crippen LogP contribution in [-0.2, 0) is 6.42 Å². The Balaban J connectivity index is 1.60. The zero-order chi connectivity index (χ0) is 16.5. The van der Waals surface area contributed by atoms with Crippen molar-refractivity contribution >= 4 is 0 Å². The topological polar surface area (TPSA) is 57.4 Å². The SMILES string of the molecule is COc1ccc2c(c1)CC(c1nnc(-c3ccccc3F)o1)CO2. The lowest BCUT2D eigenvalue weighted by Crippen LogP contribution is -2.19. The molecule has 6 heteroatoms. The third-order valence-corrected chi connectivity index (χ3v) is 4.07. The van der Waals surface area contributed by atoms with Crippen LogP contribution in [0.1, 0.15) is 17.4 Å². The Bertz CT molecular complexity index is 878. The predicted molar refractivity (Wildman–Crippen MR) is 84.6 cm³/mol. The molecule has 2 heterocycles. The second-order valence-corrected chi connectivity index (χ2v) is 5.61. The number of aromatic nitrogens is 2. The predicted octanol–water partition coefficient (Wildman–Crippen LogP) is 3.60. The van der Waals surface area contributed by atoms with E-state index in [2.05, 4.69) is 10.2 Å². The van der Waals surface area contributed by atoms with Crippen molar-refractivity contribution in [2.75, 3.05) is 13.7 Å². The van der Waals surface area contributed by atoms with Crippen molar-refractivity contribution in [2.24, 2.45) is 0 Å². The summed E-state index contributed by atoms with van der Waals surface area (Å²) in [4.78, 5) is 0. The van der Waals surface area contributed by atoms with Crippen LogP contribution in [0.15, 0.2) is 46.9 Å². The minimum absolute atomic E-state index is 0.0716. The molecule has 3 aromatic rings. The molecule has 0 amide bonds. The highest BCUT2D eigenvalue weighted by molar-refractivity contribution is 5.53. The number of hydrogen-bond donors (Lipinski definition) is 0. The lowest BCUT2D eigenvalue weighted by molar-refractivity contribution is 0.241. The van der Waals surface area contributed by atoms with Gasteiger partial charge >= 0.3 is 0 Å². The minimum atomic E-state index is -0.386. The van der Waals surface area contributed by atoms with Crippen LogP contribution in [0.3, 0.4) is 0 Å². The van der Waals surface area contributed by atoms with Gasteiger partial charge in [-0.1, -0.05) is 12.1 Å². The summed E-state index contributed by atoms with van der Waals surface area (Å²) in [5, 5.41) is 8.05. The first-order valence-electron chi connectivity index (χ1n) is 7.62. The fourth-order valence-corrected chi connectivity index (χ4v) is 2.80. The van der Waals surface area contributed by atoms with Crippen molar-refractivity contribution in [1.29, 1.82) is 0 Å². The van der Waals surface area contributed by atoms with Gasteiger partial charge in [-0.3, -0.25) is 0 Å². The lowest BCUT2D eigenvalue weighted by Gasteiger charge is -2.23. The average molecular weight is 326 g/mol. The van der Waals surface area contributed by atoms with Gasteiger partial charge in [0.15, 0.2) is 0 Å². The maximum Gasteiger partial charge on any atom is 0.250 e. The molecule has 1 atom stereocenters. The van der Waals surface area contributed by atoms with E-state index < -0.39 is 0 Å². The number of halogens is 1. The number of benzene rings is 2. The first-order valence-corrected chi connectivity index (χ1v) is 7.62. The number of rotatable bonds is 3. The van der Waals surface area contributed by atoms with Crippen molar-refractivity contribution in [3.8, 4) is 23.0 Å². The Morgan fingerprint density at radius 2 is 2.04 bits per heavy atom. The molecule has 1 unspecified atom stereocenters. The van der Waals surface area contributed by atoms with Gasteiger partial charge in [0.05, 0.1) is 18.6 Å². The summed E-state index contributed by atoms with van der Waals surface area (Å²) in [6, 6.07) is 12.0. The van der Waals surface area contributed by atoms with Crippen molar-refractivity contribution < 1.29 is 18.3 Å². The molecule has 0 saturated heterocycles. The molecule has 2 aromatic carbocycles. The molecule has 0 radical (unpaired) electrons. The molecule has 1 aliphatic heterocycles. The Morgan fingerprint density at radius 1 is 1.17 bits per heavy atom. The molecule has 0 saturated carbocycles. The lowest BCUT2D eigenvalue weighted by atomic mass is 9.96. The summed E-state index contributed by atoms with van der Waals surface area (Å²) < 4.78 is 30.5. The third-order valence-electron chi connectivity index (χ3n) is 4.07.